The zero-order valence-corrected chi connectivity index (χ0v) is 15.8. The van der Waals surface area contributed by atoms with Gasteiger partial charge in [-0.2, -0.15) is 0 Å². The lowest BCUT2D eigenvalue weighted by Crippen LogP contribution is -2.43. The molecule has 0 heterocycles. The van der Waals surface area contributed by atoms with E-state index >= 15 is 0 Å². The second kappa shape index (κ2) is 10.4. The number of nitrogens with one attached hydrogen (secondary N) is 2. The summed E-state index contributed by atoms with van der Waals surface area (Å²) in [6.07, 6.45) is 0.209. The highest BCUT2D eigenvalue weighted by molar-refractivity contribution is 8.00. The smallest absolute Gasteiger partial charge is 0.326 e. The Labute approximate surface area is 162 Å². The minimum Gasteiger partial charge on any atom is -0.480 e. The molecule has 6 nitrogen and oxygen atoms in total. The van der Waals surface area contributed by atoms with Crippen molar-refractivity contribution in [2.45, 2.75) is 19.4 Å². The fourth-order valence-electron chi connectivity index (χ4n) is 2.36. The van der Waals surface area contributed by atoms with E-state index in [9.17, 15) is 19.5 Å². The lowest BCUT2D eigenvalue weighted by Gasteiger charge is -2.14. The highest BCUT2D eigenvalue weighted by Gasteiger charge is 2.20. The van der Waals surface area contributed by atoms with Crippen LogP contribution < -0.4 is 10.6 Å². The molecule has 0 aliphatic carbocycles. The van der Waals surface area contributed by atoms with Gasteiger partial charge in [0.05, 0.1) is 11.5 Å². The molecule has 0 bridgehead atoms. The van der Waals surface area contributed by atoms with Crippen molar-refractivity contribution < 1.29 is 19.5 Å². The first-order valence-electron chi connectivity index (χ1n) is 8.44. The predicted molar refractivity (Wildman–Crippen MR) is 107 cm³/mol. The van der Waals surface area contributed by atoms with Gasteiger partial charge in [-0.15, -0.1) is 11.8 Å². The van der Waals surface area contributed by atoms with Gasteiger partial charge in [-0.1, -0.05) is 48.0 Å². The van der Waals surface area contributed by atoms with Gasteiger partial charge in [-0.3, -0.25) is 9.59 Å². The van der Waals surface area contributed by atoms with Crippen LogP contribution in [-0.4, -0.2) is 40.4 Å². The Balaban J connectivity index is 1.74. The third-order valence-corrected chi connectivity index (χ3v) is 4.65. The molecule has 1 atom stereocenters. The molecule has 0 aromatic heterocycles. The maximum atomic E-state index is 12.0. The zero-order chi connectivity index (χ0) is 19.6. The van der Waals surface area contributed by atoms with Crippen molar-refractivity contribution in [3.05, 3.63) is 65.7 Å². The number of benzene rings is 2. The number of amides is 2. The van der Waals surface area contributed by atoms with Crippen molar-refractivity contribution in [3.8, 4) is 0 Å². The van der Waals surface area contributed by atoms with Gasteiger partial charge in [0.15, 0.2) is 0 Å². The largest absolute Gasteiger partial charge is 0.480 e. The van der Waals surface area contributed by atoms with Gasteiger partial charge >= 0.3 is 5.97 Å². The van der Waals surface area contributed by atoms with E-state index in [1.54, 1.807) is 0 Å². The van der Waals surface area contributed by atoms with Crippen molar-refractivity contribution in [2.75, 3.05) is 16.8 Å². The Hall–Kier alpha value is -2.80. The molecule has 0 fully saturated rings. The van der Waals surface area contributed by atoms with Crippen LogP contribution in [0.1, 0.15) is 11.1 Å². The zero-order valence-electron chi connectivity index (χ0n) is 15.0. The summed E-state index contributed by atoms with van der Waals surface area (Å²) < 4.78 is 0. The first kappa shape index (κ1) is 20.5. The summed E-state index contributed by atoms with van der Waals surface area (Å²) >= 11 is 1.13. The Morgan fingerprint density at radius 1 is 0.963 bits per heavy atom. The number of rotatable bonds is 9. The Morgan fingerprint density at radius 2 is 1.59 bits per heavy atom. The number of carbonyl (C=O) groups excluding carboxylic acids is 2. The molecule has 142 valence electrons. The van der Waals surface area contributed by atoms with Crippen LogP contribution in [0.4, 0.5) is 5.69 Å². The number of thioether (sulfide) groups is 1. The number of aliphatic carboxylic acids is 1. The summed E-state index contributed by atoms with van der Waals surface area (Å²) in [6, 6.07) is 15.5. The average Bonchev–Trinajstić information content (AvgIpc) is 2.64. The van der Waals surface area contributed by atoms with E-state index in [1.165, 1.54) is 0 Å². The number of hydrogen-bond donors (Lipinski definition) is 3. The van der Waals surface area contributed by atoms with E-state index in [1.807, 2.05) is 61.5 Å². The lowest BCUT2D eigenvalue weighted by atomic mass is 10.1. The van der Waals surface area contributed by atoms with Crippen LogP contribution in [0, 0.1) is 6.92 Å². The summed E-state index contributed by atoms with van der Waals surface area (Å²) in [6.45, 7) is 1.96. The number of carboxylic acid groups (broad SMARTS) is 1. The molecule has 27 heavy (non-hydrogen) atoms. The molecule has 0 unspecified atom stereocenters. The molecular formula is C20H22N2O4S. The molecule has 3 N–H and O–H groups in total. The third-order valence-electron chi connectivity index (χ3n) is 3.72. The second-order valence-electron chi connectivity index (χ2n) is 6.06. The predicted octanol–water partition coefficient (Wildman–Crippen LogP) is 2.48. The average molecular weight is 386 g/mol. The quantitative estimate of drug-likeness (QED) is 0.615. The fraction of sp³-hybridized carbons (Fsp3) is 0.250. The highest BCUT2D eigenvalue weighted by atomic mass is 32.2. The van der Waals surface area contributed by atoms with Crippen LogP contribution >= 0.6 is 11.8 Å². The van der Waals surface area contributed by atoms with E-state index in [-0.39, 0.29) is 23.8 Å². The van der Waals surface area contributed by atoms with E-state index in [4.69, 9.17) is 0 Å². The van der Waals surface area contributed by atoms with Crippen LogP contribution in [0.2, 0.25) is 0 Å². The van der Waals surface area contributed by atoms with E-state index < -0.39 is 17.9 Å². The number of carboxylic acids is 1. The van der Waals surface area contributed by atoms with Gasteiger partial charge in [0, 0.05) is 12.1 Å². The first-order valence-corrected chi connectivity index (χ1v) is 9.60. The molecule has 0 aliphatic heterocycles. The maximum Gasteiger partial charge on any atom is 0.326 e. The molecule has 0 spiro atoms. The van der Waals surface area contributed by atoms with Crippen molar-refractivity contribution in [3.63, 3.8) is 0 Å². The second-order valence-corrected chi connectivity index (χ2v) is 7.04. The summed E-state index contributed by atoms with van der Waals surface area (Å²) in [5.74, 6) is -1.59. The Bertz CT molecular complexity index is 778. The summed E-state index contributed by atoms with van der Waals surface area (Å²) in [5.41, 5.74) is 2.63. The van der Waals surface area contributed by atoms with E-state index in [0.717, 1.165) is 22.9 Å². The standard InChI is InChI=1S/C20H22N2O4S/c1-14-7-9-16(10-8-14)21-18(23)12-27-13-19(24)22-17(20(25)26)11-15-5-3-2-4-6-15/h2-10,17H,11-13H2,1H3,(H,21,23)(H,22,24)(H,25,26)/t17-/m0/s1. The van der Waals surface area contributed by atoms with Gasteiger partial charge in [-0.05, 0) is 24.6 Å². The molecule has 0 saturated carbocycles. The van der Waals surface area contributed by atoms with Crippen molar-refractivity contribution >= 4 is 35.2 Å². The van der Waals surface area contributed by atoms with Gasteiger partial charge in [0.1, 0.15) is 6.04 Å². The lowest BCUT2D eigenvalue weighted by molar-refractivity contribution is -0.141. The topological polar surface area (TPSA) is 95.5 Å². The molecule has 2 aromatic rings. The van der Waals surface area contributed by atoms with Gasteiger partial charge in [0.25, 0.3) is 0 Å². The Kier molecular flexibility index (Phi) is 7.88. The van der Waals surface area contributed by atoms with Crippen LogP contribution in [0.5, 0.6) is 0 Å². The fourth-order valence-corrected chi connectivity index (χ4v) is 2.98. The molecule has 2 aromatic carbocycles. The van der Waals surface area contributed by atoms with Gasteiger partial charge in [-0.25, -0.2) is 4.79 Å². The first-order chi connectivity index (χ1) is 12.9. The van der Waals surface area contributed by atoms with Crippen LogP contribution in [0.15, 0.2) is 54.6 Å². The SMILES string of the molecule is Cc1ccc(NC(=O)CSCC(=O)N[C@@H](Cc2ccccc2)C(=O)O)cc1. The van der Waals surface area contributed by atoms with Crippen LogP contribution in [0.25, 0.3) is 0 Å². The molecular weight excluding hydrogens is 364 g/mol. The van der Waals surface area contributed by atoms with Crippen molar-refractivity contribution in [2.24, 2.45) is 0 Å². The molecule has 0 radical (unpaired) electrons. The molecule has 2 amide bonds. The molecule has 2 rings (SSSR count). The number of carbonyl (C=O) groups is 3. The van der Waals surface area contributed by atoms with Crippen molar-refractivity contribution in [1.29, 1.82) is 0 Å². The Morgan fingerprint density at radius 3 is 2.22 bits per heavy atom. The maximum absolute atomic E-state index is 12.0. The monoisotopic (exact) mass is 386 g/mol. The summed E-state index contributed by atoms with van der Waals surface area (Å²) in [4.78, 5) is 35.3. The van der Waals surface area contributed by atoms with Crippen LogP contribution in [-0.2, 0) is 20.8 Å². The molecule has 0 aliphatic rings. The van der Waals surface area contributed by atoms with Gasteiger partial charge < -0.3 is 15.7 Å². The normalized spacial score (nSPS) is 11.4. The number of aryl methyl sites for hydroxylation is 1. The molecule has 0 saturated heterocycles. The van der Waals surface area contributed by atoms with Gasteiger partial charge in [0.2, 0.25) is 11.8 Å². The summed E-state index contributed by atoms with van der Waals surface area (Å²) in [5, 5.41) is 14.5. The van der Waals surface area contributed by atoms with Crippen molar-refractivity contribution in [1.82, 2.24) is 5.32 Å². The number of hydrogen-bond acceptors (Lipinski definition) is 4. The minimum absolute atomic E-state index is 0.0138. The highest BCUT2D eigenvalue weighted by Crippen LogP contribution is 2.10. The third kappa shape index (κ3) is 7.53. The number of anilines is 1. The minimum atomic E-state index is -1.09. The van der Waals surface area contributed by atoms with E-state index in [2.05, 4.69) is 10.6 Å². The van der Waals surface area contributed by atoms with E-state index in [0.29, 0.717) is 5.69 Å². The van der Waals surface area contributed by atoms with Crippen LogP contribution in [0.3, 0.4) is 0 Å². The molecule has 7 heteroatoms. The summed E-state index contributed by atoms with van der Waals surface area (Å²) in [7, 11) is 0.